The molecule has 0 atom stereocenters. The van der Waals surface area contributed by atoms with E-state index in [-0.39, 0.29) is 5.91 Å². The number of imidazole rings is 1. The zero-order chi connectivity index (χ0) is 19.6. The predicted octanol–water partition coefficient (Wildman–Crippen LogP) is 3.70. The van der Waals surface area contributed by atoms with Crippen molar-refractivity contribution in [2.45, 2.75) is 32.2 Å². The fourth-order valence-corrected chi connectivity index (χ4v) is 5.02. The minimum atomic E-state index is 0.0802. The van der Waals surface area contributed by atoms with Gasteiger partial charge in [-0.1, -0.05) is 36.8 Å². The molecule has 4 heterocycles. The van der Waals surface area contributed by atoms with Gasteiger partial charge in [0.25, 0.3) is 5.91 Å². The van der Waals surface area contributed by atoms with Crippen LogP contribution in [-0.2, 0) is 13.0 Å². The molecule has 0 bridgehead atoms. The normalized spacial score (nSPS) is 17.1. The molecule has 150 valence electrons. The molecule has 0 unspecified atom stereocenters. The van der Waals surface area contributed by atoms with Crippen LogP contribution >= 0.6 is 11.3 Å². The van der Waals surface area contributed by atoms with E-state index in [2.05, 4.69) is 26.6 Å². The van der Waals surface area contributed by atoms with Crippen molar-refractivity contribution < 1.29 is 4.79 Å². The molecule has 1 amide bonds. The number of aromatic nitrogens is 3. The molecule has 29 heavy (non-hydrogen) atoms. The van der Waals surface area contributed by atoms with E-state index in [1.165, 1.54) is 6.42 Å². The highest BCUT2D eigenvalue weighted by atomic mass is 32.1. The largest absolute Gasteiger partial charge is 0.345 e. The summed E-state index contributed by atoms with van der Waals surface area (Å²) in [5, 5.41) is 3.04. The van der Waals surface area contributed by atoms with E-state index in [9.17, 15) is 4.79 Å². The number of anilines is 1. The first-order chi connectivity index (χ1) is 14.3. The summed E-state index contributed by atoms with van der Waals surface area (Å²) in [6, 6.07) is 10.3. The molecule has 0 aliphatic carbocycles. The number of rotatable bonds is 3. The molecule has 0 N–H and O–H groups in total. The molecule has 2 aromatic heterocycles. The number of hydrogen-bond acceptors (Lipinski definition) is 5. The topological polar surface area (TPSA) is 54.3 Å². The van der Waals surface area contributed by atoms with Crippen LogP contribution in [0.4, 0.5) is 5.13 Å². The quantitative estimate of drug-likeness (QED) is 0.664. The Balaban J connectivity index is 1.42. The number of nitrogens with zero attached hydrogens (tertiary/aromatic N) is 5. The van der Waals surface area contributed by atoms with E-state index in [0.29, 0.717) is 18.8 Å². The lowest BCUT2D eigenvalue weighted by atomic mass is 10.1. The van der Waals surface area contributed by atoms with Crippen molar-refractivity contribution in [1.82, 2.24) is 19.4 Å². The summed E-state index contributed by atoms with van der Waals surface area (Å²) in [5.74, 6) is 1.02. The Morgan fingerprint density at radius 2 is 1.79 bits per heavy atom. The van der Waals surface area contributed by atoms with E-state index >= 15 is 0 Å². The highest BCUT2D eigenvalue weighted by Crippen LogP contribution is 2.28. The Kier molecular flexibility index (Phi) is 5.06. The SMILES string of the molecule is O=C(c1nc(-c2ccccc2)n2c1CCCCC2)N1CCN(c2nccs2)CC1. The summed E-state index contributed by atoms with van der Waals surface area (Å²) in [5.41, 5.74) is 2.87. The molecule has 3 aromatic rings. The van der Waals surface area contributed by atoms with E-state index < -0.39 is 0 Å². The summed E-state index contributed by atoms with van der Waals surface area (Å²) in [7, 11) is 0. The first-order valence-corrected chi connectivity index (χ1v) is 11.3. The standard InChI is InChI=1S/C22H25N5OS/c28-21(25-12-14-26(15-13-25)22-23-10-16-29-22)19-18-9-5-2-6-11-27(18)20(24-19)17-7-3-1-4-8-17/h1,3-4,7-8,10,16H,2,5-6,9,11-15H2. The van der Waals surface area contributed by atoms with Crippen molar-refractivity contribution in [3.63, 3.8) is 0 Å². The zero-order valence-corrected chi connectivity index (χ0v) is 17.3. The second kappa shape index (κ2) is 7.99. The maximum absolute atomic E-state index is 13.4. The van der Waals surface area contributed by atoms with Gasteiger partial charge in [-0.15, -0.1) is 11.3 Å². The molecule has 1 aromatic carbocycles. The molecule has 0 saturated carbocycles. The van der Waals surface area contributed by atoms with Crippen LogP contribution in [0.2, 0.25) is 0 Å². The molecule has 0 spiro atoms. The van der Waals surface area contributed by atoms with Gasteiger partial charge in [0.15, 0.2) is 5.13 Å². The first kappa shape index (κ1) is 18.4. The second-order valence-electron chi connectivity index (χ2n) is 7.65. The number of fused-ring (bicyclic) bond motifs is 1. The molecule has 1 saturated heterocycles. The molecule has 2 aliphatic heterocycles. The second-order valence-corrected chi connectivity index (χ2v) is 8.53. The average Bonchev–Trinajstić information content (AvgIpc) is 3.37. The van der Waals surface area contributed by atoms with Gasteiger partial charge in [-0.25, -0.2) is 9.97 Å². The molecular formula is C22H25N5OS. The molecular weight excluding hydrogens is 382 g/mol. The average molecular weight is 408 g/mol. The van der Waals surface area contributed by atoms with Crippen LogP contribution in [0.15, 0.2) is 41.9 Å². The maximum atomic E-state index is 13.4. The summed E-state index contributed by atoms with van der Waals surface area (Å²) < 4.78 is 2.29. The molecule has 1 fully saturated rings. The lowest BCUT2D eigenvalue weighted by Gasteiger charge is -2.34. The van der Waals surface area contributed by atoms with Crippen molar-refractivity contribution in [2.75, 3.05) is 31.1 Å². The van der Waals surface area contributed by atoms with Crippen LogP contribution in [0.25, 0.3) is 11.4 Å². The number of thiazole rings is 1. The van der Waals surface area contributed by atoms with Gasteiger partial charge >= 0.3 is 0 Å². The number of carbonyl (C=O) groups is 1. The van der Waals surface area contributed by atoms with Crippen molar-refractivity contribution in [1.29, 1.82) is 0 Å². The van der Waals surface area contributed by atoms with Gasteiger partial charge in [-0.3, -0.25) is 4.79 Å². The van der Waals surface area contributed by atoms with Crippen molar-refractivity contribution in [3.8, 4) is 11.4 Å². The molecule has 0 radical (unpaired) electrons. The lowest BCUT2D eigenvalue weighted by molar-refractivity contribution is 0.0740. The minimum Gasteiger partial charge on any atom is -0.345 e. The highest BCUT2D eigenvalue weighted by molar-refractivity contribution is 7.13. The fraction of sp³-hybridized carbons (Fsp3) is 0.409. The lowest BCUT2D eigenvalue weighted by Crippen LogP contribution is -2.49. The Morgan fingerprint density at radius 3 is 2.55 bits per heavy atom. The summed E-state index contributed by atoms with van der Waals surface area (Å²) in [6.07, 6.45) is 6.24. The van der Waals surface area contributed by atoms with E-state index in [4.69, 9.17) is 4.98 Å². The van der Waals surface area contributed by atoms with Gasteiger partial charge in [-0.05, 0) is 19.3 Å². The monoisotopic (exact) mass is 407 g/mol. The number of carbonyl (C=O) groups excluding carboxylic acids is 1. The number of piperazine rings is 1. The van der Waals surface area contributed by atoms with Crippen LogP contribution in [0, 0.1) is 0 Å². The van der Waals surface area contributed by atoms with Crippen LogP contribution in [-0.4, -0.2) is 51.5 Å². The van der Waals surface area contributed by atoms with Crippen LogP contribution in [0.5, 0.6) is 0 Å². The Hall–Kier alpha value is -2.67. The Labute approximate surface area is 174 Å². The fourth-order valence-electron chi connectivity index (χ4n) is 4.32. The van der Waals surface area contributed by atoms with Crippen molar-refractivity contribution >= 4 is 22.4 Å². The number of amides is 1. The summed E-state index contributed by atoms with van der Waals surface area (Å²) >= 11 is 1.65. The Bertz CT molecular complexity index is 974. The molecule has 5 rings (SSSR count). The van der Waals surface area contributed by atoms with Crippen LogP contribution in [0.1, 0.15) is 35.4 Å². The van der Waals surface area contributed by atoms with Crippen LogP contribution < -0.4 is 4.90 Å². The maximum Gasteiger partial charge on any atom is 0.274 e. The van der Waals surface area contributed by atoms with E-state index in [1.54, 1.807) is 11.3 Å². The third-order valence-electron chi connectivity index (χ3n) is 5.86. The molecule has 7 heteroatoms. The number of hydrogen-bond donors (Lipinski definition) is 0. The third kappa shape index (κ3) is 3.55. The number of benzene rings is 1. The zero-order valence-electron chi connectivity index (χ0n) is 16.5. The summed E-state index contributed by atoms with van der Waals surface area (Å²) in [4.78, 5) is 27.0. The first-order valence-electron chi connectivity index (χ1n) is 10.4. The third-order valence-corrected chi connectivity index (χ3v) is 6.69. The Morgan fingerprint density at radius 1 is 0.966 bits per heavy atom. The van der Waals surface area contributed by atoms with Crippen LogP contribution in [0.3, 0.4) is 0 Å². The highest BCUT2D eigenvalue weighted by Gasteiger charge is 2.29. The summed E-state index contributed by atoms with van der Waals surface area (Å²) in [6.45, 7) is 4.01. The van der Waals surface area contributed by atoms with Gasteiger partial charge in [0, 0.05) is 49.9 Å². The van der Waals surface area contributed by atoms with E-state index in [0.717, 1.165) is 61.1 Å². The predicted molar refractivity (Wildman–Crippen MR) is 115 cm³/mol. The van der Waals surface area contributed by atoms with Gasteiger partial charge < -0.3 is 14.4 Å². The van der Waals surface area contributed by atoms with Crippen molar-refractivity contribution in [3.05, 3.63) is 53.3 Å². The van der Waals surface area contributed by atoms with Gasteiger partial charge in [0.05, 0.1) is 5.69 Å². The van der Waals surface area contributed by atoms with E-state index in [1.807, 2.05) is 34.7 Å². The molecule has 6 nitrogen and oxygen atoms in total. The van der Waals surface area contributed by atoms with Gasteiger partial charge in [0.1, 0.15) is 11.5 Å². The smallest absolute Gasteiger partial charge is 0.274 e. The minimum absolute atomic E-state index is 0.0802. The molecule has 2 aliphatic rings. The van der Waals surface area contributed by atoms with Crippen molar-refractivity contribution in [2.24, 2.45) is 0 Å². The van der Waals surface area contributed by atoms with Gasteiger partial charge in [0.2, 0.25) is 0 Å². The van der Waals surface area contributed by atoms with Gasteiger partial charge in [-0.2, -0.15) is 0 Å².